The lowest BCUT2D eigenvalue weighted by molar-refractivity contribution is -0.143. The van der Waals surface area contributed by atoms with E-state index in [-0.39, 0.29) is 5.41 Å². The monoisotopic (exact) mass is 168 g/mol. The Balaban J connectivity index is 2.01. The highest BCUT2D eigenvalue weighted by molar-refractivity contribution is 5.83. The topological polar surface area (TPSA) is 32.3 Å². The van der Waals surface area contributed by atoms with Crippen LogP contribution in [0.5, 0.6) is 0 Å². The normalized spacial score (nSPS) is 34.9. The Kier molecular flexibility index (Phi) is 1.83. The van der Waals surface area contributed by atoms with E-state index in [9.17, 15) is 4.79 Å². The van der Waals surface area contributed by atoms with Gasteiger partial charge in [-0.05, 0) is 26.3 Å². The van der Waals surface area contributed by atoms with Crippen LogP contribution in [0.3, 0.4) is 0 Å². The van der Waals surface area contributed by atoms with Gasteiger partial charge < -0.3 is 10.2 Å². The number of nitrogens with zero attached hydrogens (tertiary/aromatic N) is 1. The van der Waals surface area contributed by atoms with Gasteiger partial charge in [-0.2, -0.15) is 0 Å². The van der Waals surface area contributed by atoms with Crippen molar-refractivity contribution < 1.29 is 4.79 Å². The minimum absolute atomic E-state index is 0.0968. The molecule has 2 aliphatic heterocycles. The summed E-state index contributed by atoms with van der Waals surface area (Å²) in [6.07, 6.45) is 2.19. The fraction of sp³-hybridized carbons (Fsp3) is 0.889. The highest BCUT2D eigenvalue weighted by atomic mass is 16.2. The predicted molar refractivity (Wildman–Crippen MR) is 46.8 cm³/mol. The summed E-state index contributed by atoms with van der Waals surface area (Å²) in [6, 6.07) is 0. The molecule has 0 aromatic rings. The molecule has 0 aromatic heterocycles. The zero-order valence-corrected chi connectivity index (χ0v) is 7.60. The first-order valence-corrected chi connectivity index (χ1v) is 4.72. The molecule has 3 nitrogen and oxygen atoms in total. The molecule has 68 valence electrons. The second-order valence-electron chi connectivity index (χ2n) is 4.13. The number of carbonyl (C=O) groups is 1. The molecular formula is C9H16N2O. The lowest BCUT2D eigenvalue weighted by atomic mass is 9.87. The van der Waals surface area contributed by atoms with Gasteiger partial charge in [-0.15, -0.1) is 0 Å². The average Bonchev–Trinajstić information content (AvgIpc) is 2.33. The summed E-state index contributed by atoms with van der Waals surface area (Å²) >= 11 is 0. The van der Waals surface area contributed by atoms with E-state index in [4.69, 9.17) is 0 Å². The number of carbonyl (C=O) groups excluding carboxylic acids is 1. The molecule has 1 atom stereocenters. The van der Waals surface area contributed by atoms with E-state index in [2.05, 4.69) is 12.2 Å². The Morgan fingerprint density at radius 1 is 1.50 bits per heavy atom. The molecule has 1 N–H and O–H groups in total. The van der Waals surface area contributed by atoms with E-state index < -0.39 is 0 Å². The zero-order chi connectivity index (χ0) is 8.60. The summed E-state index contributed by atoms with van der Waals surface area (Å²) in [5.74, 6) is 0.360. The Morgan fingerprint density at radius 3 is 2.67 bits per heavy atom. The van der Waals surface area contributed by atoms with E-state index >= 15 is 0 Å². The van der Waals surface area contributed by atoms with E-state index in [0.717, 1.165) is 32.6 Å². The molecule has 3 heteroatoms. The minimum Gasteiger partial charge on any atom is -0.342 e. The van der Waals surface area contributed by atoms with Crippen LogP contribution in [0.1, 0.15) is 19.8 Å². The Labute approximate surface area is 73.1 Å². The van der Waals surface area contributed by atoms with Crippen molar-refractivity contribution in [3.63, 3.8) is 0 Å². The number of nitrogens with one attached hydrogen (secondary N) is 1. The van der Waals surface area contributed by atoms with Gasteiger partial charge in [0.05, 0.1) is 5.41 Å². The van der Waals surface area contributed by atoms with Crippen molar-refractivity contribution in [2.24, 2.45) is 5.41 Å². The molecule has 0 saturated carbocycles. The molecule has 2 rings (SSSR count). The molecule has 2 heterocycles. The van der Waals surface area contributed by atoms with Gasteiger partial charge in [-0.25, -0.2) is 0 Å². The SMILES string of the molecule is CC1(C(=O)N2CCC2)CCNC1. The van der Waals surface area contributed by atoms with Crippen LogP contribution < -0.4 is 5.32 Å². The molecule has 0 radical (unpaired) electrons. The molecular weight excluding hydrogens is 152 g/mol. The van der Waals surface area contributed by atoms with Crippen LogP contribution in [0.4, 0.5) is 0 Å². The van der Waals surface area contributed by atoms with Gasteiger partial charge >= 0.3 is 0 Å². The van der Waals surface area contributed by atoms with Crippen molar-refractivity contribution in [3.8, 4) is 0 Å². The van der Waals surface area contributed by atoms with Crippen molar-refractivity contribution in [2.45, 2.75) is 19.8 Å². The van der Waals surface area contributed by atoms with Gasteiger partial charge in [-0.1, -0.05) is 0 Å². The van der Waals surface area contributed by atoms with Crippen LogP contribution in [-0.4, -0.2) is 37.0 Å². The molecule has 0 aliphatic carbocycles. The Hall–Kier alpha value is -0.570. The number of hydrogen-bond acceptors (Lipinski definition) is 2. The van der Waals surface area contributed by atoms with E-state index in [1.807, 2.05) is 4.90 Å². The van der Waals surface area contributed by atoms with Gasteiger partial charge in [0.15, 0.2) is 0 Å². The van der Waals surface area contributed by atoms with Gasteiger partial charge in [-0.3, -0.25) is 4.79 Å². The summed E-state index contributed by atoms with van der Waals surface area (Å²) in [5, 5.41) is 3.25. The molecule has 2 fully saturated rings. The Bertz CT molecular complexity index is 193. The van der Waals surface area contributed by atoms with Crippen LogP contribution in [0.25, 0.3) is 0 Å². The van der Waals surface area contributed by atoms with Crippen molar-refractivity contribution in [3.05, 3.63) is 0 Å². The first kappa shape index (κ1) is 8.05. The fourth-order valence-corrected chi connectivity index (χ4v) is 1.90. The maximum Gasteiger partial charge on any atom is 0.229 e. The van der Waals surface area contributed by atoms with Crippen molar-refractivity contribution in [1.29, 1.82) is 0 Å². The summed E-state index contributed by atoms with van der Waals surface area (Å²) in [7, 11) is 0. The third kappa shape index (κ3) is 1.12. The van der Waals surface area contributed by atoms with E-state index in [1.165, 1.54) is 6.42 Å². The van der Waals surface area contributed by atoms with Gasteiger partial charge in [0.2, 0.25) is 5.91 Å². The minimum atomic E-state index is -0.0968. The average molecular weight is 168 g/mol. The largest absolute Gasteiger partial charge is 0.342 e. The molecule has 2 saturated heterocycles. The number of rotatable bonds is 1. The summed E-state index contributed by atoms with van der Waals surface area (Å²) in [6.45, 7) is 5.90. The first-order chi connectivity index (χ1) is 5.72. The second kappa shape index (κ2) is 2.73. The number of hydrogen-bond donors (Lipinski definition) is 1. The van der Waals surface area contributed by atoms with Crippen molar-refractivity contribution in [1.82, 2.24) is 10.2 Å². The fourth-order valence-electron chi connectivity index (χ4n) is 1.90. The van der Waals surface area contributed by atoms with Crippen LogP contribution in [0.2, 0.25) is 0 Å². The molecule has 1 amide bonds. The molecule has 0 bridgehead atoms. The molecule has 2 aliphatic rings. The van der Waals surface area contributed by atoms with E-state index in [0.29, 0.717) is 5.91 Å². The molecule has 0 aromatic carbocycles. The smallest absolute Gasteiger partial charge is 0.229 e. The van der Waals surface area contributed by atoms with Crippen molar-refractivity contribution in [2.75, 3.05) is 26.2 Å². The van der Waals surface area contributed by atoms with Gasteiger partial charge in [0, 0.05) is 19.6 Å². The summed E-state index contributed by atoms with van der Waals surface area (Å²) < 4.78 is 0. The highest BCUT2D eigenvalue weighted by Crippen LogP contribution is 2.28. The summed E-state index contributed by atoms with van der Waals surface area (Å²) in [4.78, 5) is 13.8. The standard InChI is InChI=1S/C9H16N2O/c1-9(3-4-10-7-9)8(12)11-5-2-6-11/h10H,2-7H2,1H3. The maximum atomic E-state index is 11.8. The predicted octanol–water partition coefficient (Wildman–Crippen LogP) is 0.218. The van der Waals surface area contributed by atoms with Gasteiger partial charge in [0.25, 0.3) is 0 Å². The highest BCUT2D eigenvalue weighted by Gasteiger charge is 2.40. The zero-order valence-electron chi connectivity index (χ0n) is 7.60. The Morgan fingerprint density at radius 2 is 2.25 bits per heavy atom. The van der Waals surface area contributed by atoms with Crippen LogP contribution in [0.15, 0.2) is 0 Å². The van der Waals surface area contributed by atoms with E-state index in [1.54, 1.807) is 0 Å². The quantitative estimate of drug-likeness (QED) is 0.607. The lowest BCUT2D eigenvalue weighted by Crippen LogP contribution is -2.50. The third-order valence-electron chi connectivity index (χ3n) is 3.03. The maximum absolute atomic E-state index is 11.8. The summed E-state index contributed by atoms with van der Waals surface area (Å²) in [5.41, 5.74) is -0.0968. The molecule has 1 unspecified atom stereocenters. The lowest BCUT2D eigenvalue weighted by Gasteiger charge is -2.37. The number of amides is 1. The van der Waals surface area contributed by atoms with Crippen LogP contribution in [-0.2, 0) is 4.79 Å². The van der Waals surface area contributed by atoms with Crippen molar-refractivity contribution >= 4 is 5.91 Å². The molecule has 0 spiro atoms. The first-order valence-electron chi connectivity index (χ1n) is 4.72. The van der Waals surface area contributed by atoms with Crippen LogP contribution >= 0.6 is 0 Å². The van der Waals surface area contributed by atoms with Gasteiger partial charge in [0.1, 0.15) is 0 Å². The molecule has 12 heavy (non-hydrogen) atoms. The second-order valence-corrected chi connectivity index (χ2v) is 4.13. The number of likely N-dealkylation sites (tertiary alicyclic amines) is 1. The third-order valence-corrected chi connectivity index (χ3v) is 3.03. The van der Waals surface area contributed by atoms with Crippen LogP contribution in [0, 0.1) is 5.41 Å².